The van der Waals surface area contributed by atoms with Crippen LogP contribution in [0.3, 0.4) is 0 Å². The summed E-state index contributed by atoms with van der Waals surface area (Å²) in [6, 6.07) is 7.57. The van der Waals surface area contributed by atoms with Crippen LogP contribution in [0.25, 0.3) is 0 Å². The molecule has 0 aliphatic carbocycles. The molecule has 0 bridgehead atoms. The molecule has 0 spiro atoms. The Labute approximate surface area is 97.3 Å². The minimum atomic E-state index is 0.173. The summed E-state index contributed by atoms with van der Waals surface area (Å²) in [4.78, 5) is 0. The van der Waals surface area contributed by atoms with Gasteiger partial charge >= 0.3 is 0 Å². The smallest absolute Gasteiger partial charge is 0.119 e. The normalized spacial score (nSPS) is 12.2. The Balaban J connectivity index is 2.40. The first-order valence-corrected chi connectivity index (χ1v) is 5.59. The van der Waals surface area contributed by atoms with Gasteiger partial charge in [0.05, 0.1) is 13.2 Å². The van der Waals surface area contributed by atoms with Crippen LogP contribution in [0.5, 0.6) is 11.5 Å². The Hall–Kier alpha value is -1.22. The van der Waals surface area contributed by atoms with Crippen LogP contribution >= 0.6 is 0 Å². The second-order valence-corrected chi connectivity index (χ2v) is 3.63. The summed E-state index contributed by atoms with van der Waals surface area (Å²) in [5, 5.41) is 0. The Bertz CT molecular complexity index is 282. The van der Waals surface area contributed by atoms with Gasteiger partial charge in [0.2, 0.25) is 0 Å². The lowest BCUT2D eigenvalue weighted by Crippen LogP contribution is -2.19. The van der Waals surface area contributed by atoms with Crippen molar-refractivity contribution in [2.45, 2.75) is 25.9 Å². The zero-order chi connectivity index (χ0) is 11.8. The lowest BCUT2D eigenvalue weighted by molar-refractivity contribution is 0.0515. The molecule has 1 unspecified atom stereocenters. The van der Waals surface area contributed by atoms with Crippen LogP contribution in [0.4, 0.5) is 0 Å². The van der Waals surface area contributed by atoms with Gasteiger partial charge in [-0.2, -0.15) is 0 Å². The van der Waals surface area contributed by atoms with Gasteiger partial charge in [0.15, 0.2) is 0 Å². The van der Waals surface area contributed by atoms with E-state index in [-0.39, 0.29) is 6.10 Å². The number of hydrogen-bond donors (Lipinski definition) is 0. The van der Waals surface area contributed by atoms with E-state index in [1.165, 1.54) is 0 Å². The fourth-order valence-electron chi connectivity index (χ4n) is 1.45. The largest absolute Gasteiger partial charge is 0.497 e. The molecular formula is C13H20O3. The Morgan fingerprint density at radius 3 is 2.19 bits per heavy atom. The molecule has 0 N–H and O–H groups in total. The van der Waals surface area contributed by atoms with Gasteiger partial charge in [0, 0.05) is 7.11 Å². The summed E-state index contributed by atoms with van der Waals surface area (Å²) >= 11 is 0. The van der Waals surface area contributed by atoms with E-state index in [1.807, 2.05) is 24.3 Å². The lowest BCUT2D eigenvalue weighted by atomic mass is 10.2. The van der Waals surface area contributed by atoms with Crippen molar-refractivity contribution in [1.82, 2.24) is 0 Å². The second-order valence-electron chi connectivity index (χ2n) is 3.63. The van der Waals surface area contributed by atoms with E-state index in [0.717, 1.165) is 24.3 Å². The van der Waals surface area contributed by atoms with Crippen LogP contribution in [0, 0.1) is 0 Å². The highest BCUT2D eigenvalue weighted by Gasteiger charge is 2.06. The van der Waals surface area contributed by atoms with Gasteiger partial charge in [-0.05, 0) is 30.7 Å². The van der Waals surface area contributed by atoms with Crippen molar-refractivity contribution in [2.75, 3.05) is 20.8 Å². The van der Waals surface area contributed by atoms with Crippen LogP contribution < -0.4 is 9.47 Å². The van der Waals surface area contributed by atoms with E-state index in [1.54, 1.807) is 14.2 Å². The lowest BCUT2D eigenvalue weighted by Gasteiger charge is -2.15. The minimum absolute atomic E-state index is 0.173. The molecule has 90 valence electrons. The fourth-order valence-corrected chi connectivity index (χ4v) is 1.45. The molecule has 0 fully saturated rings. The molecule has 16 heavy (non-hydrogen) atoms. The van der Waals surface area contributed by atoms with Crippen molar-refractivity contribution in [2.24, 2.45) is 0 Å². The van der Waals surface area contributed by atoms with Crippen LogP contribution in [0.2, 0.25) is 0 Å². The van der Waals surface area contributed by atoms with E-state index in [2.05, 4.69) is 6.92 Å². The number of methoxy groups -OCH3 is 2. The topological polar surface area (TPSA) is 27.7 Å². The monoisotopic (exact) mass is 224 g/mol. The average molecular weight is 224 g/mol. The summed E-state index contributed by atoms with van der Waals surface area (Å²) in [6.07, 6.45) is 2.30. The first kappa shape index (κ1) is 12.8. The zero-order valence-electron chi connectivity index (χ0n) is 10.2. The molecule has 0 radical (unpaired) electrons. The summed E-state index contributed by atoms with van der Waals surface area (Å²) in [5.41, 5.74) is 0. The van der Waals surface area contributed by atoms with Crippen molar-refractivity contribution in [1.29, 1.82) is 0 Å². The molecule has 1 aromatic carbocycles. The summed E-state index contributed by atoms with van der Waals surface area (Å²) in [7, 11) is 3.37. The maximum atomic E-state index is 5.63. The quantitative estimate of drug-likeness (QED) is 0.712. The molecule has 0 saturated carbocycles. The van der Waals surface area contributed by atoms with E-state index >= 15 is 0 Å². The molecule has 3 heteroatoms. The molecule has 1 aromatic rings. The van der Waals surface area contributed by atoms with Gasteiger partial charge in [-0.15, -0.1) is 0 Å². The van der Waals surface area contributed by atoms with Crippen molar-refractivity contribution in [3.63, 3.8) is 0 Å². The highest BCUT2D eigenvalue weighted by atomic mass is 16.5. The maximum Gasteiger partial charge on any atom is 0.119 e. The minimum Gasteiger partial charge on any atom is -0.497 e. The molecule has 0 saturated heterocycles. The molecule has 3 nitrogen and oxygen atoms in total. The van der Waals surface area contributed by atoms with Crippen molar-refractivity contribution < 1.29 is 14.2 Å². The fraction of sp³-hybridized carbons (Fsp3) is 0.538. The first-order chi connectivity index (χ1) is 7.80. The highest BCUT2D eigenvalue weighted by molar-refractivity contribution is 5.31. The number of benzene rings is 1. The maximum absolute atomic E-state index is 5.63. The SMILES string of the molecule is CCCC(COc1ccc(OC)cc1)OC. The summed E-state index contributed by atoms with van der Waals surface area (Å²) in [5.74, 6) is 1.68. The standard InChI is InChI=1S/C13H20O3/c1-4-5-13(15-3)10-16-12-8-6-11(14-2)7-9-12/h6-9,13H,4-5,10H2,1-3H3. The van der Waals surface area contributed by atoms with Crippen molar-refractivity contribution in [3.05, 3.63) is 24.3 Å². The molecule has 0 aliphatic heterocycles. The number of hydrogen-bond acceptors (Lipinski definition) is 3. The molecule has 0 heterocycles. The molecule has 1 rings (SSSR count). The van der Waals surface area contributed by atoms with Gasteiger partial charge in [-0.1, -0.05) is 13.3 Å². The van der Waals surface area contributed by atoms with Gasteiger partial charge in [0.25, 0.3) is 0 Å². The summed E-state index contributed by atoms with van der Waals surface area (Å²) < 4.78 is 16.0. The van der Waals surface area contributed by atoms with E-state index in [9.17, 15) is 0 Å². The van der Waals surface area contributed by atoms with Gasteiger partial charge < -0.3 is 14.2 Å². The summed E-state index contributed by atoms with van der Waals surface area (Å²) in [6.45, 7) is 2.73. The van der Waals surface area contributed by atoms with E-state index in [0.29, 0.717) is 6.61 Å². The first-order valence-electron chi connectivity index (χ1n) is 5.59. The van der Waals surface area contributed by atoms with Crippen molar-refractivity contribution in [3.8, 4) is 11.5 Å². The molecule has 0 aromatic heterocycles. The van der Waals surface area contributed by atoms with E-state index < -0.39 is 0 Å². The van der Waals surface area contributed by atoms with Crippen LogP contribution in [0.15, 0.2) is 24.3 Å². The van der Waals surface area contributed by atoms with Crippen LogP contribution in [-0.2, 0) is 4.74 Å². The Morgan fingerprint density at radius 1 is 1.06 bits per heavy atom. The number of rotatable bonds is 7. The second kappa shape index (κ2) is 7.12. The Morgan fingerprint density at radius 2 is 1.69 bits per heavy atom. The predicted octanol–water partition coefficient (Wildman–Crippen LogP) is 2.89. The molecule has 0 amide bonds. The van der Waals surface area contributed by atoms with Gasteiger partial charge in [-0.3, -0.25) is 0 Å². The van der Waals surface area contributed by atoms with Crippen LogP contribution in [0.1, 0.15) is 19.8 Å². The van der Waals surface area contributed by atoms with Gasteiger partial charge in [0.1, 0.15) is 18.1 Å². The predicted molar refractivity (Wildman–Crippen MR) is 64.2 cm³/mol. The Kier molecular flexibility index (Phi) is 5.72. The van der Waals surface area contributed by atoms with Crippen LogP contribution in [-0.4, -0.2) is 26.9 Å². The van der Waals surface area contributed by atoms with Gasteiger partial charge in [-0.25, -0.2) is 0 Å². The average Bonchev–Trinajstić information content (AvgIpc) is 2.35. The molecule has 1 atom stereocenters. The third-order valence-corrected chi connectivity index (χ3v) is 2.44. The third-order valence-electron chi connectivity index (χ3n) is 2.44. The number of ether oxygens (including phenoxy) is 3. The van der Waals surface area contributed by atoms with Crippen molar-refractivity contribution >= 4 is 0 Å². The molecular weight excluding hydrogens is 204 g/mol. The zero-order valence-corrected chi connectivity index (χ0v) is 10.2. The van der Waals surface area contributed by atoms with E-state index in [4.69, 9.17) is 14.2 Å². The third kappa shape index (κ3) is 4.11. The highest BCUT2D eigenvalue weighted by Crippen LogP contribution is 2.17. The molecule has 0 aliphatic rings.